The van der Waals surface area contributed by atoms with Crippen LogP contribution < -0.4 is 0 Å². The fourth-order valence-corrected chi connectivity index (χ4v) is 17.2. The first kappa shape index (κ1) is 90.0. The zero-order valence-electron chi connectivity index (χ0n) is 62.1. The van der Waals surface area contributed by atoms with Crippen molar-refractivity contribution < 1.29 is 198 Å². The average molecular weight is 1630 g/mol. The quantitative estimate of drug-likeness (QED) is 0.0217. The lowest BCUT2D eigenvalue weighted by molar-refractivity contribution is -0.379. The SMILES string of the molecule is COC1CC(C2OC3CC(O)CC(O)C3CC2OC2OC(COC(=O)C=CC3CCC(OC4OC(COC(=O)C=CC5CCC(O)C(OC6OC(CO)C(O)C(O)C6O)C5)C(O)C(O)C4O)C(O)C3)C(O)C(O)C2OC2OC(COC(=O)C=CC3CCC(O)C(OC4OC(CO)C(O)C(O)C4O)C3)C(O)C(O)C2O)CCC1O. The topological polar surface area (TPSA) is 635 Å². The van der Waals surface area contributed by atoms with E-state index in [9.17, 15) is 127 Å². The molecule has 0 bridgehead atoms. The molecule has 11 fully saturated rings. The molecular formula is C73H114O40. The molecule has 6 aliphatic heterocycles. The number of hydrogen-bond donors (Lipinski definition) is 22. The lowest BCUT2D eigenvalue weighted by atomic mass is 9.72. The highest BCUT2D eigenvalue weighted by Gasteiger charge is 2.57. The summed E-state index contributed by atoms with van der Waals surface area (Å²) < 4.78 is 88.1. The lowest BCUT2D eigenvalue weighted by Gasteiger charge is -2.52. The van der Waals surface area contributed by atoms with E-state index in [0.717, 1.165) is 18.2 Å². The highest BCUT2D eigenvalue weighted by molar-refractivity contribution is 5.82. The number of ether oxygens (including phenoxy) is 15. The Morgan fingerprint density at radius 1 is 0.327 bits per heavy atom. The van der Waals surface area contributed by atoms with Gasteiger partial charge in [0.1, 0.15) is 142 Å². The van der Waals surface area contributed by atoms with Gasteiger partial charge in [-0.2, -0.15) is 0 Å². The molecule has 646 valence electrons. The summed E-state index contributed by atoms with van der Waals surface area (Å²) >= 11 is 0. The summed E-state index contributed by atoms with van der Waals surface area (Å²) in [5, 5.41) is 237. The minimum Gasteiger partial charge on any atom is -0.460 e. The number of esters is 3. The molecule has 113 heavy (non-hydrogen) atoms. The minimum absolute atomic E-state index is 0.000707. The molecule has 0 aromatic rings. The number of rotatable bonds is 26. The van der Waals surface area contributed by atoms with E-state index in [1.807, 2.05) is 0 Å². The van der Waals surface area contributed by atoms with Crippen LogP contribution in [-0.4, -0.2) is 403 Å². The summed E-state index contributed by atoms with van der Waals surface area (Å²) in [5.41, 5.74) is 0. The van der Waals surface area contributed by atoms with Crippen LogP contribution in [0.2, 0.25) is 0 Å². The lowest BCUT2D eigenvalue weighted by Crippen LogP contribution is -2.66. The Labute approximate surface area is 649 Å². The predicted molar refractivity (Wildman–Crippen MR) is 368 cm³/mol. The molecule has 0 spiro atoms. The number of carbonyl (C=O) groups excluding carboxylic acids is 3. The van der Waals surface area contributed by atoms with Crippen molar-refractivity contribution in [2.24, 2.45) is 29.6 Å². The molecule has 0 radical (unpaired) electrons. The van der Waals surface area contributed by atoms with Crippen molar-refractivity contribution in [3.8, 4) is 0 Å². The normalized spacial score (nSPS) is 48.9. The van der Waals surface area contributed by atoms with Gasteiger partial charge in [0.25, 0.3) is 0 Å². The van der Waals surface area contributed by atoms with Gasteiger partial charge in [-0.3, -0.25) is 0 Å². The van der Waals surface area contributed by atoms with Crippen LogP contribution in [0.4, 0.5) is 0 Å². The van der Waals surface area contributed by atoms with Crippen molar-refractivity contribution in [2.75, 3.05) is 40.1 Å². The molecule has 40 heteroatoms. The molecule has 5 saturated carbocycles. The Bertz CT molecular complexity index is 3080. The van der Waals surface area contributed by atoms with Crippen LogP contribution in [0, 0.1) is 29.6 Å². The molecule has 43 atom stereocenters. The summed E-state index contributed by atoms with van der Waals surface area (Å²) in [6.07, 6.45) is -45.8. The van der Waals surface area contributed by atoms with Crippen LogP contribution in [-0.2, 0) is 85.4 Å². The van der Waals surface area contributed by atoms with Crippen LogP contribution >= 0.6 is 0 Å². The molecule has 40 nitrogen and oxygen atoms in total. The predicted octanol–water partition coefficient (Wildman–Crippen LogP) is -9.18. The maximum atomic E-state index is 13.6. The molecule has 6 saturated heterocycles. The van der Waals surface area contributed by atoms with E-state index in [1.165, 1.54) is 25.3 Å². The Kier molecular flexibility index (Phi) is 32.3. The third-order valence-electron chi connectivity index (χ3n) is 24.0. The number of aliphatic hydroxyl groups is 22. The van der Waals surface area contributed by atoms with Crippen LogP contribution in [0.15, 0.2) is 36.5 Å². The van der Waals surface area contributed by atoms with Gasteiger partial charge in [0.2, 0.25) is 0 Å². The first-order chi connectivity index (χ1) is 53.8. The Morgan fingerprint density at radius 2 is 0.708 bits per heavy atom. The largest absolute Gasteiger partial charge is 0.460 e. The van der Waals surface area contributed by atoms with E-state index < -0.39 is 307 Å². The van der Waals surface area contributed by atoms with Gasteiger partial charge in [0, 0.05) is 31.3 Å². The maximum absolute atomic E-state index is 13.6. The number of allylic oxidation sites excluding steroid dienone is 3. The molecule has 43 unspecified atom stereocenters. The monoisotopic (exact) mass is 1630 g/mol. The van der Waals surface area contributed by atoms with E-state index in [4.69, 9.17) is 71.1 Å². The van der Waals surface area contributed by atoms with Crippen molar-refractivity contribution in [3.05, 3.63) is 36.5 Å². The van der Waals surface area contributed by atoms with E-state index >= 15 is 0 Å². The van der Waals surface area contributed by atoms with Crippen molar-refractivity contribution in [1.29, 1.82) is 0 Å². The maximum Gasteiger partial charge on any atom is 0.330 e. The molecule has 5 aliphatic carbocycles. The van der Waals surface area contributed by atoms with Crippen LogP contribution in [0.5, 0.6) is 0 Å². The van der Waals surface area contributed by atoms with Crippen LogP contribution in [0.25, 0.3) is 0 Å². The van der Waals surface area contributed by atoms with Crippen molar-refractivity contribution in [1.82, 2.24) is 0 Å². The summed E-state index contributed by atoms with van der Waals surface area (Å²) in [6, 6.07) is 0. The molecule has 22 N–H and O–H groups in total. The van der Waals surface area contributed by atoms with E-state index in [0.29, 0.717) is 19.3 Å². The van der Waals surface area contributed by atoms with Gasteiger partial charge in [-0.05, 0) is 120 Å². The average Bonchev–Trinajstić information content (AvgIpc) is 0.763. The molecule has 11 aliphatic rings. The Hall–Kier alpha value is -3.73. The van der Waals surface area contributed by atoms with Gasteiger partial charge < -0.3 is 183 Å². The Balaban J connectivity index is 0.695. The fraction of sp³-hybridized carbons (Fsp3) is 0.877. The van der Waals surface area contributed by atoms with Gasteiger partial charge in [0.15, 0.2) is 31.5 Å². The number of carbonyl (C=O) groups is 3. The second-order valence-corrected chi connectivity index (χ2v) is 31.8. The second-order valence-electron chi connectivity index (χ2n) is 31.8. The van der Waals surface area contributed by atoms with Gasteiger partial charge in [-0.25, -0.2) is 14.4 Å². The molecule has 0 amide bonds. The summed E-state index contributed by atoms with van der Waals surface area (Å²) in [5.74, 6) is -5.24. The summed E-state index contributed by atoms with van der Waals surface area (Å²) in [6.45, 7) is -3.60. The summed E-state index contributed by atoms with van der Waals surface area (Å²) in [7, 11) is 1.44. The third-order valence-corrected chi connectivity index (χ3v) is 24.0. The smallest absolute Gasteiger partial charge is 0.330 e. The fourth-order valence-electron chi connectivity index (χ4n) is 17.2. The molecule has 0 aromatic carbocycles. The van der Waals surface area contributed by atoms with Gasteiger partial charge in [0.05, 0.1) is 92.6 Å². The van der Waals surface area contributed by atoms with Crippen molar-refractivity contribution >= 4 is 17.9 Å². The van der Waals surface area contributed by atoms with Crippen LogP contribution in [0.1, 0.15) is 96.3 Å². The van der Waals surface area contributed by atoms with Gasteiger partial charge in [-0.15, -0.1) is 0 Å². The van der Waals surface area contributed by atoms with E-state index in [1.54, 1.807) is 0 Å². The minimum atomic E-state index is -2.12. The third kappa shape index (κ3) is 21.9. The van der Waals surface area contributed by atoms with Crippen LogP contribution in [0.3, 0.4) is 0 Å². The molecular weight excluding hydrogens is 1520 g/mol. The number of aliphatic hydroxyl groups excluding tert-OH is 22. The number of fused-ring (bicyclic) bond motifs is 1. The molecule has 0 aromatic heterocycles. The van der Waals surface area contributed by atoms with Crippen molar-refractivity contribution in [3.63, 3.8) is 0 Å². The van der Waals surface area contributed by atoms with E-state index in [2.05, 4.69) is 0 Å². The molecule has 6 heterocycles. The number of methoxy groups -OCH3 is 1. The second kappa shape index (κ2) is 40.6. The molecule has 11 rings (SSSR count). The zero-order chi connectivity index (χ0) is 81.5. The highest BCUT2D eigenvalue weighted by Crippen LogP contribution is 2.45. The van der Waals surface area contributed by atoms with Crippen molar-refractivity contribution in [2.45, 2.75) is 329 Å². The Morgan fingerprint density at radius 3 is 1.16 bits per heavy atom. The zero-order valence-corrected chi connectivity index (χ0v) is 62.1. The summed E-state index contributed by atoms with van der Waals surface area (Å²) in [4.78, 5) is 39.8. The number of hydrogen-bond acceptors (Lipinski definition) is 40. The first-order valence-corrected chi connectivity index (χ1v) is 38.9. The standard InChI is InChI=1S/C73H114O40/c1-99-41-19-31(8-11-34(41)77)67-44(22-33-37(80)20-32(76)21-40(33)103-67)107-73-68(113-72-66(98)61(93)56(88)48(111-72)26-101-52(84)15-7-30-3-10-36(79)43(18-30)106-71-64(96)59(91)54(86)46(24-75)109-71)62(94)57(89)49(112-73)27-102-50(82)13-5-28-4-12-39(38(81)16-28)104-69-65(97)60(92)55(87)47(110-69)25-100-51(83)14-6-29-2-9-35(78)42(17-29)105-70-63(95)58(90)53(85)45(23-74)108-70/h5-7,13-15,28-49,53-81,85-98H,2-4,8-12,16-27H2,1H3. The van der Waals surface area contributed by atoms with E-state index in [-0.39, 0.29) is 83.0 Å². The van der Waals surface area contributed by atoms with Gasteiger partial charge >= 0.3 is 17.9 Å². The first-order valence-electron chi connectivity index (χ1n) is 38.9. The highest BCUT2D eigenvalue weighted by atomic mass is 16.8. The van der Waals surface area contributed by atoms with Gasteiger partial charge in [-0.1, -0.05) is 18.2 Å².